The fourth-order valence-electron chi connectivity index (χ4n) is 3.09. The van der Waals surface area contributed by atoms with E-state index in [4.69, 9.17) is 0 Å². The third-order valence-electron chi connectivity index (χ3n) is 4.75. The molecule has 0 bridgehead atoms. The standard InChI is InChI=1S/C19H24N2O2S/c1-14(21-10-9-15-6-3-4-7-16(15)12-21)18(22)20-13-19(2,23)17-8-5-11-24-17/h3-8,11,14,23H,9-10,12-13H2,1-2H3,(H,20,22). The van der Waals surface area contributed by atoms with E-state index in [2.05, 4.69) is 28.4 Å². The largest absolute Gasteiger partial charge is 0.383 e. The lowest BCUT2D eigenvalue weighted by Crippen LogP contribution is -2.49. The van der Waals surface area contributed by atoms with Gasteiger partial charge in [0.1, 0.15) is 5.60 Å². The number of hydrogen-bond acceptors (Lipinski definition) is 4. The molecule has 2 heterocycles. The Kier molecular flexibility index (Phi) is 5.04. The SMILES string of the molecule is CC(C(=O)NCC(C)(O)c1cccs1)N1CCc2ccccc2C1. The lowest BCUT2D eigenvalue weighted by atomic mass is 9.98. The summed E-state index contributed by atoms with van der Waals surface area (Å²) in [7, 11) is 0. The number of hydrogen-bond donors (Lipinski definition) is 2. The van der Waals surface area contributed by atoms with Gasteiger partial charge in [0.25, 0.3) is 0 Å². The van der Waals surface area contributed by atoms with Crippen LogP contribution in [-0.2, 0) is 23.4 Å². The summed E-state index contributed by atoms with van der Waals surface area (Å²) in [6.07, 6.45) is 0.973. The van der Waals surface area contributed by atoms with Gasteiger partial charge in [-0.05, 0) is 42.8 Å². The third kappa shape index (κ3) is 3.69. The van der Waals surface area contributed by atoms with Gasteiger partial charge in [0.2, 0.25) is 5.91 Å². The molecule has 24 heavy (non-hydrogen) atoms. The van der Waals surface area contributed by atoms with Crippen LogP contribution in [0.2, 0.25) is 0 Å². The Hall–Kier alpha value is -1.69. The van der Waals surface area contributed by atoms with E-state index in [0.29, 0.717) is 0 Å². The topological polar surface area (TPSA) is 52.6 Å². The van der Waals surface area contributed by atoms with Crippen molar-refractivity contribution >= 4 is 17.2 Å². The Morgan fingerprint density at radius 3 is 2.79 bits per heavy atom. The molecule has 0 fully saturated rings. The van der Waals surface area contributed by atoms with E-state index in [1.165, 1.54) is 22.5 Å². The van der Waals surface area contributed by atoms with Crippen LogP contribution in [0.25, 0.3) is 0 Å². The fraction of sp³-hybridized carbons (Fsp3) is 0.421. The summed E-state index contributed by atoms with van der Waals surface area (Å²) in [5.74, 6) is -0.0359. The first-order valence-electron chi connectivity index (χ1n) is 8.32. The quantitative estimate of drug-likeness (QED) is 0.876. The zero-order valence-corrected chi connectivity index (χ0v) is 15.0. The molecule has 0 saturated carbocycles. The van der Waals surface area contributed by atoms with Crippen LogP contribution < -0.4 is 5.32 Å². The normalized spacial score (nSPS) is 18.5. The zero-order valence-electron chi connectivity index (χ0n) is 14.2. The van der Waals surface area contributed by atoms with Crippen molar-refractivity contribution in [1.29, 1.82) is 0 Å². The maximum Gasteiger partial charge on any atom is 0.237 e. The van der Waals surface area contributed by atoms with Gasteiger partial charge in [-0.15, -0.1) is 11.3 Å². The highest BCUT2D eigenvalue weighted by molar-refractivity contribution is 7.10. The molecular weight excluding hydrogens is 320 g/mol. The number of carbonyl (C=O) groups excluding carboxylic acids is 1. The number of aliphatic hydroxyl groups is 1. The van der Waals surface area contributed by atoms with Crippen LogP contribution in [0, 0.1) is 0 Å². The Bertz CT molecular complexity index is 697. The van der Waals surface area contributed by atoms with E-state index >= 15 is 0 Å². The minimum atomic E-state index is -1.03. The minimum absolute atomic E-state index is 0.0359. The summed E-state index contributed by atoms with van der Waals surface area (Å²) < 4.78 is 0. The van der Waals surface area contributed by atoms with Gasteiger partial charge >= 0.3 is 0 Å². The second-order valence-corrected chi connectivity index (χ2v) is 7.58. The number of fused-ring (bicyclic) bond motifs is 1. The lowest BCUT2D eigenvalue weighted by molar-refractivity contribution is -0.127. The Labute approximate surface area is 147 Å². The molecule has 1 aliphatic rings. The summed E-state index contributed by atoms with van der Waals surface area (Å²) >= 11 is 1.50. The fourth-order valence-corrected chi connectivity index (χ4v) is 3.88. The van der Waals surface area contributed by atoms with E-state index < -0.39 is 5.60 Å². The molecule has 1 amide bonds. The number of benzene rings is 1. The summed E-state index contributed by atoms with van der Waals surface area (Å²) in [4.78, 5) is 15.6. The average molecular weight is 344 g/mol. The third-order valence-corrected chi connectivity index (χ3v) is 5.87. The number of nitrogens with zero attached hydrogens (tertiary/aromatic N) is 1. The Morgan fingerprint density at radius 1 is 1.33 bits per heavy atom. The maximum absolute atomic E-state index is 12.5. The van der Waals surface area contributed by atoms with E-state index in [1.54, 1.807) is 6.92 Å². The molecule has 5 heteroatoms. The molecule has 4 nitrogen and oxygen atoms in total. The lowest BCUT2D eigenvalue weighted by Gasteiger charge is -2.33. The van der Waals surface area contributed by atoms with Gasteiger partial charge in [-0.3, -0.25) is 9.69 Å². The van der Waals surface area contributed by atoms with Crippen molar-refractivity contribution in [2.45, 2.75) is 38.5 Å². The predicted molar refractivity (Wildman–Crippen MR) is 96.9 cm³/mol. The molecular formula is C19H24N2O2S. The molecule has 128 valence electrons. The van der Waals surface area contributed by atoms with E-state index in [9.17, 15) is 9.90 Å². The molecule has 2 aromatic rings. The maximum atomic E-state index is 12.5. The van der Waals surface area contributed by atoms with Gasteiger partial charge in [-0.25, -0.2) is 0 Å². The number of amides is 1. The average Bonchev–Trinajstić information content (AvgIpc) is 3.14. The number of rotatable bonds is 5. The molecule has 1 aromatic carbocycles. The number of nitrogens with one attached hydrogen (secondary N) is 1. The first-order valence-corrected chi connectivity index (χ1v) is 9.20. The van der Waals surface area contributed by atoms with Crippen molar-refractivity contribution in [1.82, 2.24) is 10.2 Å². The van der Waals surface area contributed by atoms with Crippen molar-refractivity contribution in [3.8, 4) is 0 Å². The highest BCUT2D eigenvalue weighted by Crippen LogP contribution is 2.25. The zero-order chi connectivity index (χ0) is 17.2. The Morgan fingerprint density at radius 2 is 2.08 bits per heavy atom. The molecule has 1 aliphatic heterocycles. The van der Waals surface area contributed by atoms with E-state index in [1.807, 2.05) is 30.5 Å². The van der Waals surface area contributed by atoms with E-state index in [0.717, 1.165) is 24.4 Å². The van der Waals surface area contributed by atoms with Crippen molar-refractivity contribution in [2.24, 2.45) is 0 Å². The van der Waals surface area contributed by atoms with E-state index in [-0.39, 0.29) is 18.5 Å². The molecule has 0 aliphatic carbocycles. The number of carbonyl (C=O) groups is 1. The van der Waals surface area contributed by atoms with Gasteiger partial charge < -0.3 is 10.4 Å². The molecule has 2 atom stereocenters. The van der Waals surface area contributed by atoms with Gasteiger partial charge in [-0.1, -0.05) is 30.3 Å². The molecule has 0 radical (unpaired) electrons. The van der Waals surface area contributed by atoms with Crippen LogP contribution >= 0.6 is 11.3 Å². The van der Waals surface area contributed by atoms with Gasteiger partial charge in [0.15, 0.2) is 0 Å². The van der Waals surface area contributed by atoms with Gasteiger partial charge in [-0.2, -0.15) is 0 Å². The second kappa shape index (κ2) is 7.05. The second-order valence-electron chi connectivity index (χ2n) is 6.63. The Balaban J connectivity index is 1.58. The molecule has 0 saturated heterocycles. The van der Waals surface area contributed by atoms with Crippen molar-refractivity contribution in [2.75, 3.05) is 13.1 Å². The summed E-state index contributed by atoms with van der Waals surface area (Å²) in [5.41, 5.74) is 1.65. The van der Waals surface area contributed by atoms with Crippen LogP contribution in [0.1, 0.15) is 29.9 Å². The summed E-state index contributed by atoms with van der Waals surface area (Å²) in [6.45, 7) is 5.57. The van der Waals surface area contributed by atoms with Crippen LogP contribution in [-0.4, -0.2) is 35.0 Å². The molecule has 3 rings (SSSR count). The molecule has 2 unspecified atom stereocenters. The first-order chi connectivity index (χ1) is 11.5. The first kappa shape index (κ1) is 17.1. The van der Waals surface area contributed by atoms with Crippen LogP contribution in [0.15, 0.2) is 41.8 Å². The molecule has 1 aromatic heterocycles. The van der Waals surface area contributed by atoms with Crippen LogP contribution in [0.5, 0.6) is 0 Å². The monoisotopic (exact) mass is 344 g/mol. The molecule has 0 spiro atoms. The summed E-state index contributed by atoms with van der Waals surface area (Å²) in [6, 6.07) is 12.0. The van der Waals surface area contributed by atoms with Gasteiger partial charge in [0.05, 0.1) is 12.6 Å². The highest BCUT2D eigenvalue weighted by Gasteiger charge is 2.29. The molecule has 2 N–H and O–H groups in total. The highest BCUT2D eigenvalue weighted by atomic mass is 32.1. The van der Waals surface area contributed by atoms with Gasteiger partial charge in [0, 0.05) is 18.0 Å². The van der Waals surface area contributed by atoms with Crippen molar-refractivity contribution in [3.63, 3.8) is 0 Å². The number of thiophene rings is 1. The predicted octanol–water partition coefficient (Wildman–Crippen LogP) is 2.52. The van der Waals surface area contributed by atoms with Crippen molar-refractivity contribution < 1.29 is 9.90 Å². The van der Waals surface area contributed by atoms with Crippen LogP contribution in [0.4, 0.5) is 0 Å². The minimum Gasteiger partial charge on any atom is -0.383 e. The van der Waals surface area contributed by atoms with Crippen LogP contribution in [0.3, 0.4) is 0 Å². The summed E-state index contributed by atoms with van der Waals surface area (Å²) in [5, 5.41) is 15.4. The van der Waals surface area contributed by atoms with Crippen molar-refractivity contribution in [3.05, 3.63) is 57.8 Å². The smallest absolute Gasteiger partial charge is 0.237 e.